The van der Waals surface area contributed by atoms with E-state index >= 15 is 0 Å². The Bertz CT molecular complexity index is 472. The third kappa shape index (κ3) is 2.61. The molecule has 5 nitrogen and oxygen atoms in total. The van der Waals surface area contributed by atoms with Crippen LogP contribution in [0.4, 0.5) is 5.69 Å². The van der Waals surface area contributed by atoms with Crippen molar-refractivity contribution in [2.45, 2.75) is 25.9 Å². The van der Waals surface area contributed by atoms with Gasteiger partial charge in [0.1, 0.15) is 11.9 Å². The Morgan fingerprint density at radius 3 is 2.83 bits per heavy atom. The van der Waals surface area contributed by atoms with Crippen molar-refractivity contribution in [1.29, 1.82) is 0 Å². The summed E-state index contributed by atoms with van der Waals surface area (Å²) in [6.45, 7) is 2.34. The van der Waals surface area contributed by atoms with E-state index in [0.717, 1.165) is 0 Å². The zero-order valence-corrected chi connectivity index (χ0v) is 10.1. The normalized spacial score (nSPS) is 17.8. The van der Waals surface area contributed by atoms with E-state index in [1.54, 1.807) is 11.0 Å². The summed E-state index contributed by atoms with van der Waals surface area (Å²) in [5.41, 5.74) is 0.714. The number of nitrogens with zero attached hydrogens (tertiary/aromatic N) is 1. The molecule has 1 unspecified atom stereocenters. The molecule has 1 N–H and O–H groups in total. The molecule has 0 aliphatic carbocycles. The molecular formula is C13H15NO4. The van der Waals surface area contributed by atoms with Crippen molar-refractivity contribution in [3.05, 3.63) is 24.3 Å². The number of anilines is 1. The molecule has 0 bridgehead atoms. The van der Waals surface area contributed by atoms with Crippen LogP contribution in [-0.4, -0.2) is 29.6 Å². The number of hydrogen-bond donors (Lipinski definition) is 1. The highest BCUT2D eigenvalue weighted by Crippen LogP contribution is 2.33. The third-order valence-corrected chi connectivity index (χ3v) is 2.78. The molecule has 2 rings (SSSR count). The topological polar surface area (TPSA) is 66.8 Å². The fourth-order valence-electron chi connectivity index (χ4n) is 1.97. The van der Waals surface area contributed by atoms with Crippen molar-refractivity contribution < 1.29 is 19.4 Å². The van der Waals surface area contributed by atoms with Gasteiger partial charge < -0.3 is 14.7 Å². The number of carboxylic acids is 1. The van der Waals surface area contributed by atoms with E-state index in [-0.39, 0.29) is 24.9 Å². The van der Waals surface area contributed by atoms with Gasteiger partial charge in [-0.3, -0.25) is 9.59 Å². The van der Waals surface area contributed by atoms with E-state index < -0.39 is 5.97 Å². The first-order chi connectivity index (χ1) is 8.58. The zero-order valence-electron chi connectivity index (χ0n) is 10.1. The number of fused-ring (bicyclic) bond motifs is 1. The highest BCUT2D eigenvalue weighted by Gasteiger charge is 2.27. The van der Waals surface area contributed by atoms with E-state index in [9.17, 15) is 9.59 Å². The van der Waals surface area contributed by atoms with Gasteiger partial charge in [-0.1, -0.05) is 12.1 Å². The second kappa shape index (κ2) is 5.08. The molecule has 0 aromatic heterocycles. The van der Waals surface area contributed by atoms with Gasteiger partial charge in [0.2, 0.25) is 5.91 Å². The van der Waals surface area contributed by atoms with Crippen LogP contribution in [0, 0.1) is 0 Å². The van der Waals surface area contributed by atoms with Crippen LogP contribution in [0.25, 0.3) is 0 Å². The number of aliphatic carboxylic acids is 1. The minimum Gasteiger partial charge on any atom is -0.487 e. The number of para-hydroxylation sites is 2. The van der Waals surface area contributed by atoms with Gasteiger partial charge >= 0.3 is 5.97 Å². The summed E-state index contributed by atoms with van der Waals surface area (Å²) in [6.07, 6.45) is -0.225. The minimum atomic E-state index is -0.960. The van der Waals surface area contributed by atoms with Gasteiger partial charge in [0.15, 0.2) is 0 Å². The lowest BCUT2D eigenvalue weighted by molar-refractivity contribution is -0.138. The maximum atomic E-state index is 12.0. The summed E-state index contributed by atoms with van der Waals surface area (Å²) in [7, 11) is 0. The second-order valence-electron chi connectivity index (χ2n) is 4.29. The van der Waals surface area contributed by atoms with Gasteiger partial charge in [0.05, 0.1) is 18.7 Å². The van der Waals surface area contributed by atoms with Crippen LogP contribution in [0.2, 0.25) is 0 Å². The lowest BCUT2D eigenvalue weighted by atomic mass is 10.1. The molecule has 96 valence electrons. The summed E-state index contributed by atoms with van der Waals surface area (Å²) in [5.74, 6) is -0.474. The standard InChI is InChI=1S/C13H15NO4/c1-9-8-14(12(15)6-7-13(16)17)10-4-2-3-5-11(10)18-9/h2-5,9H,6-8H2,1H3,(H,16,17). The molecule has 1 aliphatic rings. The van der Waals surface area contributed by atoms with Crippen LogP contribution in [0.15, 0.2) is 24.3 Å². The molecule has 1 amide bonds. The second-order valence-corrected chi connectivity index (χ2v) is 4.29. The molecule has 0 radical (unpaired) electrons. The summed E-state index contributed by atoms with van der Waals surface area (Å²) in [6, 6.07) is 7.29. The van der Waals surface area contributed by atoms with Crippen LogP contribution in [0.5, 0.6) is 5.75 Å². The van der Waals surface area contributed by atoms with Crippen LogP contribution >= 0.6 is 0 Å². The van der Waals surface area contributed by atoms with Gasteiger partial charge in [0.25, 0.3) is 0 Å². The van der Waals surface area contributed by atoms with Gasteiger partial charge in [-0.25, -0.2) is 0 Å². The monoisotopic (exact) mass is 249 g/mol. The van der Waals surface area contributed by atoms with Crippen LogP contribution in [0.1, 0.15) is 19.8 Å². The molecule has 0 saturated heterocycles. The lowest BCUT2D eigenvalue weighted by Gasteiger charge is -2.33. The van der Waals surface area contributed by atoms with E-state index in [1.165, 1.54) is 0 Å². The molecule has 1 aliphatic heterocycles. The molecule has 18 heavy (non-hydrogen) atoms. The van der Waals surface area contributed by atoms with Crippen LogP contribution in [0.3, 0.4) is 0 Å². The predicted molar refractivity (Wildman–Crippen MR) is 65.8 cm³/mol. The average molecular weight is 249 g/mol. The number of amides is 1. The Labute approximate surface area is 105 Å². The number of carbonyl (C=O) groups excluding carboxylic acids is 1. The first-order valence-electron chi connectivity index (χ1n) is 5.86. The van der Waals surface area contributed by atoms with E-state index in [2.05, 4.69) is 0 Å². The molecule has 0 saturated carbocycles. The zero-order chi connectivity index (χ0) is 13.1. The van der Waals surface area contributed by atoms with Crippen molar-refractivity contribution in [2.75, 3.05) is 11.4 Å². The van der Waals surface area contributed by atoms with Gasteiger partial charge in [0, 0.05) is 6.42 Å². The Kier molecular flexibility index (Phi) is 3.50. The summed E-state index contributed by atoms with van der Waals surface area (Å²) in [5, 5.41) is 8.61. The predicted octanol–water partition coefficient (Wildman–Crippen LogP) is 1.67. The fraction of sp³-hybridized carbons (Fsp3) is 0.385. The maximum Gasteiger partial charge on any atom is 0.303 e. The smallest absolute Gasteiger partial charge is 0.303 e. The molecule has 1 aromatic rings. The highest BCUT2D eigenvalue weighted by atomic mass is 16.5. The van der Waals surface area contributed by atoms with Crippen molar-refractivity contribution in [2.24, 2.45) is 0 Å². The number of hydrogen-bond acceptors (Lipinski definition) is 3. The summed E-state index contributed by atoms with van der Waals surface area (Å²) < 4.78 is 5.63. The van der Waals surface area contributed by atoms with Crippen molar-refractivity contribution in [3.8, 4) is 5.75 Å². The van der Waals surface area contributed by atoms with E-state index in [1.807, 2.05) is 25.1 Å². The number of ether oxygens (including phenoxy) is 1. The quantitative estimate of drug-likeness (QED) is 0.884. The van der Waals surface area contributed by atoms with Crippen LogP contribution < -0.4 is 9.64 Å². The average Bonchev–Trinajstić information content (AvgIpc) is 2.34. The molecule has 0 fully saturated rings. The largest absolute Gasteiger partial charge is 0.487 e. The Morgan fingerprint density at radius 1 is 1.39 bits per heavy atom. The molecule has 0 spiro atoms. The first-order valence-corrected chi connectivity index (χ1v) is 5.86. The molecule has 1 heterocycles. The number of benzene rings is 1. The first kappa shape index (κ1) is 12.4. The van der Waals surface area contributed by atoms with E-state index in [0.29, 0.717) is 18.0 Å². The van der Waals surface area contributed by atoms with Crippen molar-refractivity contribution in [3.63, 3.8) is 0 Å². The minimum absolute atomic E-state index is 0.0103. The van der Waals surface area contributed by atoms with E-state index in [4.69, 9.17) is 9.84 Å². The highest BCUT2D eigenvalue weighted by molar-refractivity contribution is 5.96. The van der Waals surface area contributed by atoms with Crippen molar-refractivity contribution in [1.82, 2.24) is 0 Å². The number of carbonyl (C=O) groups is 2. The molecular weight excluding hydrogens is 234 g/mol. The summed E-state index contributed by atoms with van der Waals surface area (Å²) >= 11 is 0. The SMILES string of the molecule is CC1CN(C(=O)CCC(=O)O)c2ccccc2O1. The molecule has 1 aromatic carbocycles. The van der Waals surface area contributed by atoms with Crippen LogP contribution in [-0.2, 0) is 9.59 Å². The molecule has 1 atom stereocenters. The number of carboxylic acid groups (broad SMARTS) is 1. The Hall–Kier alpha value is -2.04. The van der Waals surface area contributed by atoms with Gasteiger partial charge in [-0.05, 0) is 19.1 Å². The fourth-order valence-corrected chi connectivity index (χ4v) is 1.97. The molecule has 5 heteroatoms. The Balaban J connectivity index is 2.18. The number of rotatable bonds is 3. The Morgan fingerprint density at radius 2 is 2.11 bits per heavy atom. The third-order valence-electron chi connectivity index (χ3n) is 2.78. The summed E-state index contributed by atoms with van der Waals surface area (Å²) in [4.78, 5) is 24.1. The maximum absolute atomic E-state index is 12.0. The van der Waals surface area contributed by atoms with Crippen molar-refractivity contribution >= 4 is 17.6 Å². The van der Waals surface area contributed by atoms with Gasteiger partial charge in [-0.15, -0.1) is 0 Å². The lowest BCUT2D eigenvalue weighted by Crippen LogP contribution is -2.42. The van der Waals surface area contributed by atoms with Gasteiger partial charge in [-0.2, -0.15) is 0 Å².